The van der Waals surface area contributed by atoms with Crippen LogP contribution >= 0.6 is 0 Å². The smallest absolute Gasteiger partial charge is 0.420 e. The van der Waals surface area contributed by atoms with Gasteiger partial charge in [-0.1, -0.05) is 60.1 Å². The Balaban J connectivity index is 0.968. The van der Waals surface area contributed by atoms with Crippen molar-refractivity contribution in [2.45, 2.75) is 52.7 Å². The fourth-order valence-corrected chi connectivity index (χ4v) is 6.80. The first-order valence-corrected chi connectivity index (χ1v) is 18.8. The van der Waals surface area contributed by atoms with Gasteiger partial charge in [-0.15, -0.1) is 0 Å². The van der Waals surface area contributed by atoms with E-state index in [1.54, 1.807) is 0 Å². The van der Waals surface area contributed by atoms with Crippen molar-refractivity contribution >= 4 is 78.4 Å². The molecule has 0 aliphatic heterocycles. The average Bonchev–Trinajstić information content (AvgIpc) is 3.68. The monoisotopic (exact) mass is 760 g/mol. The Labute approximate surface area is 333 Å². The fourth-order valence-electron chi connectivity index (χ4n) is 6.80. The molecule has 0 radical (unpaired) electrons. The van der Waals surface area contributed by atoms with Crippen LogP contribution in [0.5, 0.6) is 0 Å². The molecule has 0 saturated carbocycles. The van der Waals surface area contributed by atoms with E-state index >= 15 is 0 Å². The van der Waals surface area contributed by atoms with Gasteiger partial charge in [0.25, 0.3) is 0 Å². The van der Waals surface area contributed by atoms with Crippen molar-refractivity contribution in [3.05, 3.63) is 131 Å². The van der Waals surface area contributed by atoms with E-state index in [4.69, 9.17) is 29.4 Å². The summed E-state index contributed by atoms with van der Waals surface area (Å²) >= 11 is 0. The number of fused-ring (bicyclic) bond motifs is 8. The molecule has 0 aliphatic rings. The minimum Gasteiger partial charge on any atom is -0.443 e. The van der Waals surface area contributed by atoms with Crippen LogP contribution in [0.25, 0.3) is 66.2 Å². The summed E-state index contributed by atoms with van der Waals surface area (Å²) in [6.45, 7) is 11.0. The van der Waals surface area contributed by atoms with Gasteiger partial charge in [-0.25, -0.2) is 38.7 Å². The molecule has 282 valence electrons. The largest absolute Gasteiger partial charge is 0.443 e. The van der Waals surface area contributed by atoms with Crippen LogP contribution in [-0.2, 0) is 9.47 Å². The van der Waals surface area contributed by atoms with Gasteiger partial charge >= 0.3 is 12.2 Å². The molecule has 0 aliphatic carbocycles. The van der Waals surface area contributed by atoms with Gasteiger partial charge in [0.15, 0.2) is 11.3 Å². The average molecular weight is 761 g/mol. The van der Waals surface area contributed by atoms with E-state index in [1.165, 1.54) is 9.13 Å². The molecule has 0 amide bonds. The zero-order valence-corrected chi connectivity index (χ0v) is 32.7. The second-order valence-electron chi connectivity index (χ2n) is 15.9. The van der Waals surface area contributed by atoms with Gasteiger partial charge in [-0.3, -0.25) is 0 Å². The van der Waals surface area contributed by atoms with Crippen LogP contribution in [-0.4, -0.2) is 52.5 Å². The highest BCUT2D eigenvalue weighted by molar-refractivity contribution is 6.12. The third-order valence-electron chi connectivity index (χ3n) is 9.25. The molecule has 4 heterocycles. The van der Waals surface area contributed by atoms with Gasteiger partial charge in [0.1, 0.15) is 22.2 Å². The molecule has 0 atom stereocenters. The van der Waals surface area contributed by atoms with Crippen molar-refractivity contribution in [3.63, 3.8) is 0 Å². The number of para-hydroxylation sites is 2. The third kappa shape index (κ3) is 6.82. The van der Waals surface area contributed by atoms with Crippen molar-refractivity contribution in [1.29, 1.82) is 0 Å². The predicted molar refractivity (Wildman–Crippen MR) is 227 cm³/mol. The normalized spacial score (nSPS) is 11.8. The maximum atomic E-state index is 13.3. The van der Waals surface area contributed by atoms with Crippen LogP contribution < -0.4 is 0 Å². The molecule has 9 rings (SSSR count). The molecule has 58 heavy (non-hydrogen) atoms. The molecule has 0 bridgehead atoms. The van der Waals surface area contributed by atoms with Crippen LogP contribution in [0.2, 0.25) is 0 Å². The van der Waals surface area contributed by atoms with Crippen LogP contribution in [0.4, 0.5) is 9.59 Å². The lowest BCUT2D eigenvalue weighted by Gasteiger charge is -2.20. The first kappa shape index (κ1) is 36.1. The van der Waals surface area contributed by atoms with Crippen molar-refractivity contribution in [2.24, 2.45) is 0 Å². The van der Waals surface area contributed by atoms with E-state index in [0.717, 1.165) is 33.0 Å². The van der Waals surface area contributed by atoms with Crippen LogP contribution in [0, 0.1) is 23.7 Å². The maximum Gasteiger partial charge on any atom is 0.420 e. The Morgan fingerprint density at radius 1 is 0.466 bits per heavy atom. The number of carbonyl (C=O) groups excluding carboxylic acids is 2. The van der Waals surface area contributed by atoms with E-state index < -0.39 is 23.4 Å². The summed E-state index contributed by atoms with van der Waals surface area (Å²) in [5.74, 6) is 13.0. The van der Waals surface area contributed by atoms with Gasteiger partial charge < -0.3 is 9.47 Å². The summed E-state index contributed by atoms with van der Waals surface area (Å²) < 4.78 is 14.4. The number of hydrogen-bond acceptors (Lipinski definition) is 8. The summed E-state index contributed by atoms with van der Waals surface area (Å²) in [4.78, 5) is 46.1. The molecule has 0 saturated heterocycles. The van der Waals surface area contributed by atoms with Crippen molar-refractivity contribution in [2.75, 3.05) is 0 Å². The number of aromatic nitrogens is 6. The number of benzene rings is 5. The molecular weight excluding hydrogens is 725 g/mol. The molecule has 0 fully saturated rings. The van der Waals surface area contributed by atoms with Gasteiger partial charge in [-0.05, 0) is 114 Å². The highest BCUT2D eigenvalue weighted by Crippen LogP contribution is 2.31. The second kappa shape index (κ2) is 13.6. The minimum atomic E-state index is -0.665. The molecule has 9 aromatic rings. The SMILES string of the molecule is CC(C)(C)OC(=O)n1c2ccccc2c2nc3cc(C#Cc4ccc(C#Cc5ccc6nc7c(nc6c5)c5ccccc5n7C(=O)OC(C)(C)C)cc4)ccc3nc21. The predicted octanol–water partition coefficient (Wildman–Crippen LogP) is 10.2. The van der Waals surface area contributed by atoms with Crippen LogP contribution in [0.1, 0.15) is 63.8 Å². The Morgan fingerprint density at radius 3 is 1.22 bits per heavy atom. The van der Waals surface area contributed by atoms with Crippen LogP contribution in [0.15, 0.2) is 109 Å². The maximum absolute atomic E-state index is 13.3. The Hall–Kier alpha value is -7.56. The van der Waals surface area contributed by atoms with Gasteiger partial charge in [-0.2, -0.15) is 0 Å². The van der Waals surface area contributed by atoms with E-state index in [0.29, 0.717) is 55.4 Å². The molecule has 10 heteroatoms. The summed E-state index contributed by atoms with van der Waals surface area (Å²) in [5.41, 5.74) is 8.05. The Morgan fingerprint density at radius 2 is 0.828 bits per heavy atom. The lowest BCUT2D eigenvalue weighted by molar-refractivity contribution is 0.0539. The molecule has 10 nitrogen and oxygen atoms in total. The Bertz CT molecular complexity index is 3080. The van der Waals surface area contributed by atoms with Gasteiger partial charge in [0.05, 0.1) is 33.1 Å². The number of hydrogen-bond donors (Lipinski definition) is 0. The van der Waals surface area contributed by atoms with E-state index in [9.17, 15) is 9.59 Å². The van der Waals surface area contributed by atoms with Crippen molar-refractivity contribution in [1.82, 2.24) is 29.1 Å². The van der Waals surface area contributed by atoms with Crippen molar-refractivity contribution < 1.29 is 19.1 Å². The second-order valence-corrected chi connectivity index (χ2v) is 15.9. The number of ether oxygens (including phenoxy) is 2. The molecule has 0 unspecified atom stereocenters. The van der Waals surface area contributed by atoms with E-state index in [1.807, 2.05) is 151 Å². The lowest BCUT2D eigenvalue weighted by atomic mass is 10.1. The standard InChI is InChI=1S/C48H36N6O4/c1-47(2,3)57-45(55)53-39-13-9-7-11-33(39)41-43(53)51-35-25-23-31(27-37(35)49-41)21-19-29-15-17-30(18-16-29)20-22-32-24-26-36-38(28-32)50-42-34-12-8-10-14-40(34)54(44(42)52-36)46(56)58-48(4,5)6/h7-18,23-28H,1-6H3. The number of carbonyl (C=O) groups is 2. The highest BCUT2D eigenvalue weighted by atomic mass is 16.6. The summed E-state index contributed by atoms with van der Waals surface area (Å²) in [6, 6.07) is 34.3. The summed E-state index contributed by atoms with van der Waals surface area (Å²) in [7, 11) is 0. The molecular formula is C48H36N6O4. The zero-order valence-electron chi connectivity index (χ0n) is 32.7. The topological polar surface area (TPSA) is 114 Å². The number of nitrogens with zero attached hydrogens (tertiary/aromatic N) is 6. The first-order chi connectivity index (χ1) is 27.8. The van der Waals surface area contributed by atoms with Gasteiger partial charge in [0.2, 0.25) is 0 Å². The summed E-state index contributed by atoms with van der Waals surface area (Å²) in [5, 5.41) is 1.63. The third-order valence-corrected chi connectivity index (χ3v) is 9.25. The highest BCUT2D eigenvalue weighted by Gasteiger charge is 2.25. The molecule has 4 aromatic heterocycles. The minimum absolute atomic E-state index is 0.446. The molecule has 5 aromatic carbocycles. The fraction of sp³-hybridized carbons (Fsp3) is 0.167. The molecule has 0 spiro atoms. The van der Waals surface area contributed by atoms with Gasteiger partial charge in [0, 0.05) is 33.0 Å². The quantitative estimate of drug-likeness (QED) is 0.140. The van der Waals surface area contributed by atoms with Crippen molar-refractivity contribution in [3.8, 4) is 23.7 Å². The number of rotatable bonds is 0. The first-order valence-electron chi connectivity index (χ1n) is 18.8. The molecule has 0 N–H and O–H groups in total. The van der Waals surface area contributed by atoms with E-state index in [-0.39, 0.29) is 0 Å². The zero-order chi connectivity index (χ0) is 40.3. The Kier molecular flexibility index (Phi) is 8.45. The van der Waals surface area contributed by atoms with E-state index in [2.05, 4.69) is 23.7 Å². The summed E-state index contributed by atoms with van der Waals surface area (Å²) in [6.07, 6.45) is -0.999. The lowest BCUT2D eigenvalue weighted by Crippen LogP contribution is -2.27. The van der Waals surface area contributed by atoms with Crippen LogP contribution in [0.3, 0.4) is 0 Å².